The van der Waals surface area contributed by atoms with Crippen molar-refractivity contribution in [2.75, 3.05) is 36.8 Å². The van der Waals surface area contributed by atoms with Gasteiger partial charge in [0.2, 0.25) is 5.91 Å². The fourth-order valence-corrected chi connectivity index (χ4v) is 6.66. The van der Waals surface area contributed by atoms with Gasteiger partial charge in [0.05, 0.1) is 38.9 Å². The van der Waals surface area contributed by atoms with Crippen molar-refractivity contribution in [2.24, 2.45) is 5.92 Å². The molecule has 9 nitrogen and oxygen atoms in total. The van der Waals surface area contributed by atoms with Crippen LogP contribution < -0.4 is 21.5 Å². The Labute approximate surface area is 275 Å². The largest absolute Gasteiger partial charge is 0.397 e. The molecule has 2 aromatic heterocycles. The highest BCUT2D eigenvalue weighted by Gasteiger charge is 2.32. The minimum absolute atomic E-state index is 0.0434. The van der Waals surface area contributed by atoms with E-state index in [1.165, 1.54) is 10.6 Å². The van der Waals surface area contributed by atoms with Crippen LogP contribution in [-0.4, -0.2) is 52.6 Å². The number of nitrogens with two attached hydrogens (primary N) is 1. The molecule has 0 bridgehead atoms. The van der Waals surface area contributed by atoms with Gasteiger partial charge in [0.25, 0.3) is 5.56 Å². The van der Waals surface area contributed by atoms with Crippen molar-refractivity contribution >= 4 is 68.8 Å². The highest BCUT2D eigenvalue weighted by Crippen LogP contribution is 2.44. The lowest BCUT2D eigenvalue weighted by Crippen LogP contribution is -2.49. The monoisotopic (exact) mass is 669 g/mol. The molecule has 13 heteroatoms. The molecule has 0 spiro atoms. The third-order valence-corrected chi connectivity index (χ3v) is 9.43. The number of aromatic nitrogens is 2. The van der Waals surface area contributed by atoms with E-state index in [1.807, 2.05) is 37.9 Å². The summed E-state index contributed by atoms with van der Waals surface area (Å²) in [5.41, 5.74) is 8.20. The summed E-state index contributed by atoms with van der Waals surface area (Å²) >= 11 is 19.4. The second-order valence-electron chi connectivity index (χ2n) is 11.3. The number of carbonyl (C=O) groups is 1. The molecule has 1 amide bonds. The van der Waals surface area contributed by atoms with Gasteiger partial charge < -0.3 is 20.9 Å². The average molecular weight is 671 g/mol. The second-order valence-corrected chi connectivity index (χ2v) is 12.5. The number of nitrogen functional groups attached to an aromatic ring is 1. The summed E-state index contributed by atoms with van der Waals surface area (Å²) in [6.07, 6.45) is 4.93. The van der Waals surface area contributed by atoms with Crippen molar-refractivity contribution in [1.82, 2.24) is 19.8 Å². The van der Waals surface area contributed by atoms with Crippen LogP contribution in [0.15, 0.2) is 41.4 Å². The van der Waals surface area contributed by atoms with Crippen LogP contribution in [0.1, 0.15) is 31.9 Å². The Kier molecular flexibility index (Phi) is 8.91. The van der Waals surface area contributed by atoms with Crippen molar-refractivity contribution in [3.63, 3.8) is 0 Å². The third kappa shape index (κ3) is 5.33. The number of dihydropyridines is 1. The Bertz CT molecular complexity index is 1910. The number of halogens is 4. The lowest BCUT2D eigenvalue weighted by Gasteiger charge is -2.37. The highest BCUT2D eigenvalue weighted by molar-refractivity contribution is 6.39. The number of hydrogen-bond acceptors (Lipinski definition) is 7. The fraction of sp³-hybridized carbons (Fsp3) is 0.312. The Morgan fingerprint density at radius 1 is 1.22 bits per heavy atom. The SMILES string of the molecule is C=CC(=O)N1CCN(c2c(C#N)c(=O)n(C3=C(C)C=CNC3C(C)C)c3nc(-c4c(C)c(Cl)c(F)c(Cl)c4N)c(Cl)cc23)CC1. The summed E-state index contributed by atoms with van der Waals surface area (Å²) in [6.45, 7) is 12.5. The van der Waals surface area contributed by atoms with Gasteiger partial charge in [-0.25, -0.2) is 9.37 Å². The number of fused-ring (bicyclic) bond motifs is 1. The van der Waals surface area contributed by atoms with Gasteiger partial charge in [-0.05, 0) is 55.3 Å². The van der Waals surface area contributed by atoms with Gasteiger partial charge >= 0.3 is 0 Å². The molecule has 0 radical (unpaired) electrons. The summed E-state index contributed by atoms with van der Waals surface area (Å²) in [5.74, 6) is -1.02. The van der Waals surface area contributed by atoms with Crippen LogP contribution in [0.25, 0.3) is 28.0 Å². The molecule has 3 aromatic rings. The molecule has 2 aliphatic heterocycles. The molecule has 1 fully saturated rings. The van der Waals surface area contributed by atoms with Crippen LogP contribution in [-0.2, 0) is 4.79 Å². The number of anilines is 2. The Morgan fingerprint density at radius 3 is 2.49 bits per heavy atom. The zero-order valence-electron chi connectivity index (χ0n) is 25.1. The van der Waals surface area contributed by atoms with E-state index < -0.39 is 11.4 Å². The minimum atomic E-state index is -0.860. The maximum absolute atomic E-state index is 14.7. The molecule has 2 aliphatic rings. The Morgan fingerprint density at radius 2 is 1.89 bits per heavy atom. The number of nitriles is 1. The molecule has 0 aliphatic carbocycles. The van der Waals surface area contributed by atoms with Gasteiger partial charge in [-0.1, -0.05) is 55.2 Å². The van der Waals surface area contributed by atoms with Crippen molar-refractivity contribution < 1.29 is 9.18 Å². The van der Waals surface area contributed by atoms with E-state index in [1.54, 1.807) is 17.9 Å². The average Bonchev–Trinajstić information content (AvgIpc) is 3.02. The number of piperazine rings is 1. The van der Waals surface area contributed by atoms with E-state index in [-0.39, 0.29) is 66.7 Å². The van der Waals surface area contributed by atoms with Crippen LogP contribution in [0, 0.1) is 30.0 Å². The fourth-order valence-electron chi connectivity index (χ4n) is 5.99. The van der Waals surface area contributed by atoms with E-state index in [0.29, 0.717) is 42.9 Å². The molecule has 3 N–H and O–H groups in total. The van der Waals surface area contributed by atoms with Crippen molar-refractivity contribution in [3.05, 3.63) is 78.9 Å². The van der Waals surface area contributed by atoms with Gasteiger partial charge in [-0.2, -0.15) is 5.26 Å². The molecule has 45 heavy (non-hydrogen) atoms. The minimum Gasteiger partial charge on any atom is -0.397 e. The summed E-state index contributed by atoms with van der Waals surface area (Å²) < 4.78 is 16.2. The van der Waals surface area contributed by atoms with E-state index in [9.17, 15) is 19.2 Å². The van der Waals surface area contributed by atoms with Crippen LogP contribution in [0.2, 0.25) is 15.1 Å². The van der Waals surface area contributed by atoms with Gasteiger partial charge in [0.1, 0.15) is 22.3 Å². The molecule has 234 valence electrons. The first-order valence-electron chi connectivity index (χ1n) is 14.3. The van der Waals surface area contributed by atoms with E-state index in [2.05, 4.69) is 18.0 Å². The Hall–Kier alpha value is -4.04. The zero-order chi connectivity index (χ0) is 32.9. The van der Waals surface area contributed by atoms with E-state index >= 15 is 0 Å². The summed E-state index contributed by atoms with van der Waals surface area (Å²) in [4.78, 5) is 35.2. The van der Waals surface area contributed by atoms with Gasteiger partial charge in [-0.3, -0.25) is 14.2 Å². The normalized spacial score (nSPS) is 16.8. The smallest absolute Gasteiger partial charge is 0.276 e. The molecular weight excluding hydrogens is 640 g/mol. The maximum Gasteiger partial charge on any atom is 0.276 e. The van der Waals surface area contributed by atoms with Crippen molar-refractivity contribution in [3.8, 4) is 17.3 Å². The predicted molar refractivity (Wildman–Crippen MR) is 179 cm³/mol. The van der Waals surface area contributed by atoms with Crippen LogP contribution in [0.5, 0.6) is 0 Å². The topological polar surface area (TPSA) is 120 Å². The zero-order valence-corrected chi connectivity index (χ0v) is 27.4. The number of benzene rings is 1. The standard InChI is InChI=1S/C32H31Cl3FN7O2/c1-6-21(44)41-9-11-42(12-10-41)30-18-13-20(33)28(22-17(5)23(34)25(36)24(35)26(22)38)40-31(18)43(32(45)19(30)14-37)29-16(4)7-8-39-27(29)15(2)3/h6-8,13,15,27,39H,1,9-12,38H2,2-5H3. The van der Waals surface area contributed by atoms with Gasteiger partial charge in [0, 0.05) is 37.1 Å². The van der Waals surface area contributed by atoms with E-state index in [0.717, 1.165) is 5.57 Å². The first kappa shape index (κ1) is 32.4. The van der Waals surface area contributed by atoms with Crippen LogP contribution >= 0.6 is 34.8 Å². The maximum atomic E-state index is 14.7. The van der Waals surface area contributed by atoms with Crippen LogP contribution in [0.4, 0.5) is 15.8 Å². The molecule has 1 saturated heterocycles. The molecule has 1 unspecified atom stereocenters. The van der Waals surface area contributed by atoms with Gasteiger partial charge in [0.15, 0.2) is 5.82 Å². The number of nitrogens with one attached hydrogen (secondary N) is 1. The lowest BCUT2D eigenvalue weighted by atomic mass is 9.94. The Balaban J connectivity index is 1.90. The molecule has 1 aromatic carbocycles. The number of carbonyl (C=O) groups excluding carboxylic acids is 1. The third-order valence-electron chi connectivity index (χ3n) is 8.32. The quantitative estimate of drug-likeness (QED) is 0.190. The number of amides is 1. The first-order valence-corrected chi connectivity index (χ1v) is 15.4. The predicted octanol–water partition coefficient (Wildman–Crippen LogP) is 6.13. The number of nitrogens with zero attached hydrogens (tertiary/aromatic N) is 5. The van der Waals surface area contributed by atoms with Crippen LogP contribution in [0.3, 0.4) is 0 Å². The van der Waals surface area contributed by atoms with E-state index in [4.69, 9.17) is 45.5 Å². The number of allylic oxidation sites excluding steroid dienone is 2. The number of pyridine rings is 2. The van der Waals surface area contributed by atoms with Crippen molar-refractivity contribution in [1.29, 1.82) is 5.26 Å². The number of rotatable bonds is 5. The lowest BCUT2D eigenvalue weighted by molar-refractivity contribution is -0.126. The molecule has 5 rings (SSSR count). The number of hydrogen-bond donors (Lipinski definition) is 2. The first-order chi connectivity index (χ1) is 21.3. The molecule has 0 saturated carbocycles. The summed E-state index contributed by atoms with van der Waals surface area (Å²) in [7, 11) is 0. The van der Waals surface area contributed by atoms with Gasteiger partial charge in [-0.15, -0.1) is 0 Å². The van der Waals surface area contributed by atoms with Crippen molar-refractivity contribution in [2.45, 2.75) is 33.7 Å². The molecule has 1 atom stereocenters. The highest BCUT2D eigenvalue weighted by atomic mass is 35.5. The molecule has 4 heterocycles. The second kappa shape index (κ2) is 12.4. The molecular formula is C32H31Cl3FN7O2. The summed E-state index contributed by atoms with van der Waals surface area (Å²) in [5, 5.41) is 13.7. The summed E-state index contributed by atoms with van der Waals surface area (Å²) in [6, 6.07) is 3.47.